The molecule has 0 spiro atoms. The second-order valence-corrected chi connectivity index (χ2v) is 12.4. The smallest absolute Gasteiger partial charge is 0.272 e. The van der Waals surface area contributed by atoms with Crippen molar-refractivity contribution in [1.82, 2.24) is 19.4 Å². The number of hydrogen-bond acceptors (Lipinski definition) is 4. The number of nitrogens with one attached hydrogen (secondary N) is 1. The first-order chi connectivity index (χ1) is 19.0. The summed E-state index contributed by atoms with van der Waals surface area (Å²) in [6.07, 6.45) is 2.87. The molecule has 206 valence electrons. The van der Waals surface area contributed by atoms with Crippen molar-refractivity contribution >= 4 is 50.8 Å². The van der Waals surface area contributed by atoms with Gasteiger partial charge in [-0.1, -0.05) is 65.7 Å². The van der Waals surface area contributed by atoms with Gasteiger partial charge >= 0.3 is 0 Å². The minimum Gasteiger partial charge on any atom is -0.344 e. The number of amides is 1. The van der Waals surface area contributed by atoms with E-state index in [9.17, 15) is 17.6 Å². The third-order valence-electron chi connectivity index (χ3n) is 6.65. The zero-order chi connectivity index (χ0) is 28.6. The maximum absolute atomic E-state index is 13.7. The van der Waals surface area contributed by atoms with E-state index in [-0.39, 0.29) is 24.8 Å². The van der Waals surface area contributed by atoms with Gasteiger partial charge in [0, 0.05) is 23.7 Å². The van der Waals surface area contributed by atoms with E-state index in [0.29, 0.717) is 38.1 Å². The molecule has 0 saturated carbocycles. The SMILES string of the molecule is C[C@@H](NC(=O)c1nn(-c2ccc(Cl)cc2Cl)c2c1CN(S(C)(=O)=O)CC2=Cc1ccc(F)cc1)c1ccccc1. The minimum atomic E-state index is -3.66. The van der Waals surface area contributed by atoms with Crippen molar-refractivity contribution in [3.05, 3.63) is 117 Å². The van der Waals surface area contributed by atoms with Gasteiger partial charge in [-0.15, -0.1) is 0 Å². The van der Waals surface area contributed by atoms with Gasteiger partial charge in [0.05, 0.1) is 28.7 Å². The highest BCUT2D eigenvalue weighted by Crippen LogP contribution is 2.36. The molecule has 40 heavy (non-hydrogen) atoms. The second kappa shape index (κ2) is 11.2. The normalized spacial score (nSPS) is 15.6. The molecule has 0 bridgehead atoms. The van der Waals surface area contributed by atoms with Crippen LogP contribution in [0.25, 0.3) is 17.3 Å². The van der Waals surface area contributed by atoms with Gasteiger partial charge in [-0.25, -0.2) is 17.5 Å². The zero-order valence-corrected chi connectivity index (χ0v) is 23.9. The van der Waals surface area contributed by atoms with Crippen molar-refractivity contribution in [3.63, 3.8) is 0 Å². The molecular formula is C29H25Cl2FN4O3S. The number of nitrogens with zero attached hydrogens (tertiary/aromatic N) is 3. The molecule has 0 unspecified atom stereocenters. The Morgan fingerprint density at radius 2 is 1.75 bits per heavy atom. The number of carbonyl (C=O) groups is 1. The third kappa shape index (κ3) is 5.83. The Kier molecular flexibility index (Phi) is 7.83. The van der Waals surface area contributed by atoms with E-state index in [2.05, 4.69) is 10.4 Å². The standard InChI is InChI=1S/C29H25Cl2FN4O3S/c1-18(20-6-4-3-5-7-20)33-29(37)27-24-17-35(40(2,38)39)16-21(14-19-8-11-23(32)12-9-19)28(24)36(34-27)26-13-10-22(30)15-25(26)31/h3-15,18H,16-17H2,1-2H3,(H,33,37)/t18-/m1/s1. The van der Waals surface area contributed by atoms with Crippen LogP contribution in [-0.4, -0.2) is 41.2 Å². The second-order valence-electron chi connectivity index (χ2n) is 9.54. The molecule has 0 fully saturated rings. The first kappa shape index (κ1) is 28.0. The molecule has 1 N–H and O–H groups in total. The van der Waals surface area contributed by atoms with Crippen molar-refractivity contribution < 1.29 is 17.6 Å². The van der Waals surface area contributed by atoms with Gasteiger partial charge in [-0.3, -0.25) is 4.79 Å². The largest absolute Gasteiger partial charge is 0.344 e. The molecule has 1 amide bonds. The van der Waals surface area contributed by atoms with Crippen LogP contribution in [0.2, 0.25) is 10.0 Å². The summed E-state index contributed by atoms with van der Waals surface area (Å²) >= 11 is 12.7. The van der Waals surface area contributed by atoms with Crippen LogP contribution in [0.4, 0.5) is 4.39 Å². The quantitative estimate of drug-likeness (QED) is 0.289. The van der Waals surface area contributed by atoms with Crippen molar-refractivity contribution in [1.29, 1.82) is 0 Å². The Morgan fingerprint density at radius 3 is 2.40 bits per heavy atom. The van der Waals surface area contributed by atoms with Crippen LogP contribution in [0.15, 0.2) is 72.8 Å². The molecule has 5 rings (SSSR count). The molecule has 1 aromatic heterocycles. The first-order valence-corrected chi connectivity index (χ1v) is 15.0. The van der Waals surface area contributed by atoms with Crippen molar-refractivity contribution in [2.45, 2.75) is 19.5 Å². The van der Waals surface area contributed by atoms with Gasteiger partial charge < -0.3 is 5.32 Å². The van der Waals surface area contributed by atoms with Gasteiger partial charge in [-0.2, -0.15) is 9.40 Å². The highest BCUT2D eigenvalue weighted by Gasteiger charge is 2.35. The minimum absolute atomic E-state index is 0.0155. The van der Waals surface area contributed by atoms with E-state index in [1.807, 2.05) is 37.3 Å². The molecule has 2 heterocycles. The van der Waals surface area contributed by atoms with E-state index in [1.54, 1.807) is 41.1 Å². The Labute approximate surface area is 241 Å². The molecule has 0 saturated heterocycles. The Hall–Kier alpha value is -3.50. The monoisotopic (exact) mass is 598 g/mol. The molecule has 1 aliphatic heterocycles. The van der Waals surface area contributed by atoms with Crippen LogP contribution in [-0.2, 0) is 16.6 Å². The fourth-order valence-corrected chi connectivity index (χ4v) is 5.86. The Balaban J connectivity index is 1.70. The van der Waals surface area contributed by atoms with Crippen molar-refractivity contribution in [2.75, 3.05) is 12.8 Å². The molecule has 3 aromatic carbocycles. The zero-order valence-electron chi connectivity index (χ0n) is 21.6. The summed E-state index contributed by atoms with van der Waals surface area (Å²) in [5.74, 6) is -0.860. The average molecular weight is 600 g/mol. The summed E-state index contributed by atoms with van der Waals surface area (Å²) in [6.45, 7) is 1.81. The molecule has 4 aromatic rings. The number of halogens is 3. The predicted molar refractivity (Wildman–Crippen MR) is 155 cm³/mol. The number of rotatable bonds is 6. The summed E-state index contributed by atoms with van der Waals surface area (Å²) in [4.78, 5) is 13.7. The van der Waals surface area contributed by atoms with Crippen molar-refractivity contribution in [3.8, 4) is 5.69 Å². The van der Waals surface area contributed by atoms with Crippen LogP contribution in [0.5, 0.6) is 0 Å². The Bertz CT molecular complexity index is 1720. The fourth-order valence-electron chi connectivity index (χ4n) is 4.64. The highest BCUT2D eigenvalue weighted by atomic mass is 35.5. The van der Waals surface area contributed by atoms with Gasteiger partial charge in [0.25, 0.3) is 5.91 Å². The molecule has 1 aliphatic rings. The molecule has 7 nitrogen and oxygen atoms in total. The van der Waals surface area contributed by atoms with Gasteiger partial charge in [0.2, 0.25) is 10.0 Å². The third-order valence-corrected chi connectivity index (χ3v) is 8.38. The lowest BCUT2D eigenvalue weighted by Gasteiger charge is -2.28. The summed E-state index contributed by atoms with van der Waals surface area (Å²) in [5, 5.41) is 8.38. The summed E-state index contributed by atoms with van der Waals surface area (Å²) < 4.78 is 41.9. The number of benzene rings is 3. The predicted octanol–water partition coefficient (Wildman–Crippen LogP) is 6.13. The molecule has 0 radical (unpaired) electrons. The lowest BCUT2D eigenvalue weighted by atomic mass is 9.98. The van der Waals surface area contributed by atoms with Crippen LogP contribution in [0.1, 0.15) is 45.8 Å². The summed E-state index contributed by atoms with van der Waals surface area (Å²) in [7, 11) is -3.66. The number of hydrogen-bond donors (Lipinski definition) is 1. The molecule has 1 atom stereocenters. The summed E-state index contributed by atoms with van der Waals surface area (Å²) in [5.41, 5.74) is 3.61. The number of fused-ring (bicyclic) bond motifs is 1. The van der Waals surface area contributed by atoms with Gasteiger partial charge in [0.15, 0.2) is 5.69 Å². The van der Waals surface area contributed by atoms with Crippen LogP contribution in [0.3, 0.4) is 0 Å². The van der Waals surface area contributed by atoms with Crippen LogP contribution >= 0.6 is 23.2 Å². The number of aromatic nitrogens is 2. The Morgan fingerprint density at radius 1 is 1.05 bits per heavy atom. The van der Waals surface area contributed by atoms with E-state index < -0.39 is 21.7 Å². The lowest BCUT2D eigenvalue weighted by Crippen LogP contribution is -2.36. The van der Waals surface area contributed by atoms with E-state index >= 15 is 0 Å². The number of carbonyl (C=O) groups excluding carboxylic acids is 1. The maximum atomic E-state index is 13.7. The summed E-state index contributed by atoms with van der Waals surface area (Å²) in [6, 6.07) is 19.9. The van der Waals surface area contributed by atoms with Crippen LogP contribution in [0, 0.1) is 5.82 Å². The number of sulfonamides is 1. The van der Waals surface area contributed by atoms with E-state index in [1.165, 1.54) is 16.4 Å². The average Bonchev–Trinajstić information content (AvgIpc) is 3.30. The fraction of sp³-hybridized carbons (Fsp3) is 0.172. The molecule has 11 heteroatoms. The van der Waals surface area contributed by atoms with Gasteiger partial charge in [0.1, 0.15) is 5.82 Å². The van der Waals surface area contributed by atoms with E-state index in [0.717, 1.165) is 11.8 Å². The van der Waals surface area contributed by atoms with E-state index in [4.69, 9.17) is 23.2 Å². The van der Waals surface area contributed by atoms with Crippen molar-refractivity contribution in [2.24, 2.45) is 0 Å². The molecule has 0 aliphatic carbocycles. The lowest BCUT2D eigenvalue weighted by molar-refractivity contribution is 0.0933. The topological polar surface area (TPSA) is 84.3 Å². The highest BCUT2D eigenvalue weighted by molar-refractivity contribution is 7.88. The maximum Gasteiger partial charge on any atom is 0.272 e. The molecular weight excluding hydrogens is 574 g/mol. The van der Waals surface area contributed by atoms with Gasteiger partial charge in [-0.05, 0) is 60.0 Å². The first-order valence-electron chi connectivity index (χ1n) is 12.4. The van der Waals surface area contributed by atoms with Crippen LogP contribution < -0.4 is 5.32 Å².